The standard InChI is InChI=1S/C13H21N3O/c1-4-16(11-8-14-9-11)13-12(17-10(2)3)6-5-7-15-13/h5-7,10-11,14H,4,8-9H2,1-3H3. The fraction of sp³-hybridized carbons (Fsp3) is 0.615. The van der Waals surface area contributed by atoms with Crippen molar-refractivity contribution >= 4 is 5.82 Å². The van der Waals surface area contributed by atoms with Gasteiger partial charge in [0.05, 0.1) is 12.1 Å². The van der Waals surface area contributed by atoms with Crippen molar-refractivity contribution in [2.24, 2.45) is 0 Å². The highest BCUT2D eigenvalue weighted by molar-refractivity contribution is 5.53. The first kappa shape index (κ1) is 12.2. The van der Waals surface area contributed by atoms with Gasteiger partial charge in [-0.2, -0.15) is 0 Å². The van der Waals surface area contributed by atoms with Gasteiger partial charge in [-0.15, -0.1) is 0 Å². The Bertz CT molecular complexity index is 363. The second kappa shape index (κ2) is 5.36. The highest BCUT2D eigenvalue weighted by Gasteiger charge is 2.26. The van der Waals surface area contributed by atoms with Crippen molar-refractivity contribution < 1.29 is 4.74 Å². The molecule has 0 aliphatic carbocycles. The number of hydrogen-bond acceptors (Lipinski definition) is 4. The van der Waals surface area contributed by atoms with E-state index in [1.807, 2.05) is 32.2 Å². The van der Waals surface area contributed by atoms with Crippen molar-refractivity contribution in [1.82, 2.24) is 10.3 Å². The third-order valence-corrected chi connectivity index (χ3v) is 2.93. The fourth-order valence-electron chi connectivity index (χ4n) is 2.02. The second-order valence-electron chi connectivity index (χ2n) is 4.59. The van der Waals surface area contributed by atoms with E-state index < -0.39 is 0 Å². The quantitative estimate of drug-likeness (QED) is 0.842. The summed E-state index contributed by atoms with van der Waals surface area (Å²) in [6.07, 6.45) is 2.01. The zero-order valence-electron chi connectivity index (χ0n) is 10.8. The SMILES string of the molecule is CCN(c1ncccc1OC(C)C)C1CNC1. The van der Waals surface area contributed by atoms with Crippen LogP contribution in [0.15, 0.2) is 18.3 Å². The summed E-state index contributed by atoms with van der Waals surface area (Å²) in [6.45, 7) is 9.26. The van der Waals surface area contributed by atoms with Crippen LogP contribution >= 0.6 is 0 Å². The molecule has 0 amide bonds. The van der Waals surface area contributed by atoms with Gasteiger partial charge in [-0.1, -0.05) is 0 Å². The topological polar surface area (TPSA) is 37.4 Å². The van der Waals surface area contributed by atoms with Crippen LogP contribution in [0.3, 0.4) is 0 Å². The molecule has 0 unspecified atom stereocenters. The lowest BCUT2D eigenvalue weighted by Gasteiger charge is -2.39. The maximum Gasteiger partial charge on any atom is 0.171 e. The minimum atomic E-state index is 0.177. The fourth-order valence-corrected chi connectivity index (χ4v) is 2.02. The van der Waals surface area contributed by atoms with Crippen LogP contribution in [0.2, 0.25) is 0 Å². The van der Waals surface area contributed by atoms with E-state index >= 15 is 0 Å². The lowest BCUT2D eigenvalue weighted by molar-refractivity contribution is 0.241. The summed E-state index contributed by atoms with van der Waals surface area (Å²) in [4.78, 5) is 6.79. The summed E-state index contributed by atoms with van der Waals surface area (Å²) < 4.78 is 5.82. The van der Waals surface area contributed by atoms with Crippen LogP contribution in [0.1, 0.15) is 20.8 Å². The number of aromatic nitrogens is 1. The number of anilines is 1. The summed E-state index contributed by atoms with van der Waals surface area (Å²) in [5.41, 5.74) is 0. The highest BCUT2D eigenvalue weighted by atomic mass is 16.5. The maximum absolute atomic E-state index is 5.82. The van der Waals surface area contributed by atoms with Crippen molar-refractivity contribution in [3.63, 3.8) is 0 Å². The number of nitrogens with zero attached hydrogens (tertiary/aromatic N) is 2. The van der Waals surface area contributed by atoms with Crippen LogP contribution in [0.5, 0.6) is 5.75 Å². The Balaban J connectivity index is 2.22. The van der Waals surface area contributed by atoms with Gasteiger partial charge in [-0.25, -0.2) is 4.98 Å². The van der Waals surface area contributed by atoms with E-state index in [1.54, 1.807) is 0 Å². The average molecular weight is 235 g/mol. The van der Waals surface area contributed by atoms with Crippen LogP contribution in [-0.2, 0) is 0 Å². The van der Waals surface area contributed by atoms with E-state index in [4.69, 9.17) is 4.74 Å². The molecule has 0 saturated carbocycles. The van der Waals surface area contributed by atoms with E-state index in [2.05, 4.69) is 22.1 Å². The smallest absolute Gasteiger partial charge is 0.171 e. The monoisotopic (exact) mass is 235 g/mol. The molecule has 1 N–H and O–H groups in total. The van der Waals surface area contributed by atoms with Gasteiger partial charge < -0.3 is 15.0 Å². The van der Waals surface area contributed by atoms with E-state index in [0.717, 1.165) is 31.2 Å². The van der Waals surface area contributed by atoms with Crippen LogP contribution in [0.4, 0.5) is 5.82 Å². The Hall–Kier alpha value is -1.29. The third-order valence-electron chi connectivity index (χ3n) is 2.93. The molecule has 1 aromatic heterocycles. The number of likely N-dealkylation sites (N-methyl/N-ethyl adjacent to an activating group) is 1. The zero-order chi connectivity index (χ0) is 12.3. The van der Waals surface area contributed by atoms with Crippen molar-refractivity contribution in [2.75, 3.05) is 24.5 Å². The van der Waals surface area contributed by atoms with E-state index in [-0.39, 0.29) is 6.10 Å². The Morgan fingerprint density at radius 1 is 1.53 bits per heavy atom. The van der Waals surface area contributed by atoms with Crippen LogP contribution in [0, 0.1) is 0 Å². The number of hydrogen-bond donors (Lipinski definition) is 1. The molecule has 0 bridgehead atoms. The molecule has 17 heavy (non-hydrogen) atoms. The van der Waals surface area contributed by atoms with Crippen molar-refractivity contribution in [2.45, 2.75) is 32.9 Å². The molecular weight excluding hydrogens is 214 g/mol. The Morgan fingerprint density at radius 3 is 2.82 bits per heavy atom. The molecule has 0 aromatic carbocycles. The highest BCUT2D eigenvalue weighted by Crippen LogP contribution is 2.28. The molecule has 0 spiro atoms. The maximum atomic E-state index is 5.82. The first-order chi connectivity index (χ1) is 8.22. The summed E-state index contributed by atoms with van der Waals surface area (Å²) in [6, 6.07) is 4.47. The van der Waals surface area contributed by atoms with Crippen LogP contribution in [-0.4, -0.2) is 36.8 Å². The molecule has 4 heteroatoms. The van der Waals surface area contributed by atoms with E-state index in [0.29, 0.717) is 6.04 Å². The molecule has 1 fully saturated rings. The van der Waals surface area contributed by atoms with Gasteiger partial charge in [0.2, 0.25) is 0 Å². The minimum absolute atomic E-state index is 0.177. The van der Waals surface area contributed by atoms with Gasteiger partial charge in [0, 0.05) is 25.8 Å². The van der Waals surface area contributed by atoms with Gasteiger partial charge in [0.1, 0.15) is 0 Å². The van der Waals surface area contributed by atoms with Crippen LogP contribution < -0.4 is 15.0 Å². The predicted octanol–water partition coefficient (Wildman–Crippen LogP) is 1.67. The molecule has 1 saturated heterocycles. The van der Waals surface area contributed by atoms with Gasteiger partial charge in [-0.05, 0) is 32.9 Å². The molecule has 4 nitrogen and oxygen atoms in total. The van der Waals surface area contributed by atoms with Gasteiger partial charge in [0.25, 0.3) is 0 Å². The van der Waals surface area contributed by atoms with Crippen molar-refractivity contribution in [3.8, 4) is 5.75 Å². The van der Waals surface area contributed by atoms with E-state index in [1.165, 1.54) is 0 Å². The van der Waals surface area contributed by atoms with E-state index in [9.17, 15) is 0 Å². The van der Waals surface area contributed by atoms with Crippen LogP contribution in [0.25, 0.3) is 0 Å². The molecule has 0 atom stereocenters. The predicted molar refractivity (Wildman–Crippen MR) is 69.7 cm³/mol. The lowest BCUT2D eigenvalue weighted by Crippen LogP contribution is -2.57. The van der Waals surface area contributed by atoms with Gasteiger partial charge >= 0.3 is 0 Å². The third kappa shape index (κ3) is 2.69. The number of rotatable bonds is 5. The second-order valence-corrected chi connectivity index (χ2v) is 4.59. The summed E-state index contributed by atoms with van der Waals surface area (Å²) >= 11 is 0. The number of ether oxygens (including phenoxy) is 1. The van der Waals surface area contributed by atoms with Crippen molar-refractivity contribution in [3.05, 3.63) is 18.3 Å². The largest absolute Gasteiger partial charge is 0.487 e. The number of pyridine rings is 1. The molecule has 1 aliphatic rings. The Kier molecular flexibility index (Phi) is 3.84. The Labute approximate surface area is 103 Å². The molecule has 94 valence electrons. The molecule has 1 aliphatic heterocycles. The zero-order valence-corrected chi connectivity index (χ0v) is 10.8. The molecule has 2 rings (SSSR count). The molecular formula is C13H21N3O. The summed E-state index contributed by atoms with van der Waals surface area (Å²) in [7, 11) is 0. The van der Waals surface area contributed by atoms with Crippen molar-refractivity contribution in [1.29, 1.82) is 0 Å². The summed E-state index contributed by atoms with van der Waals surface area (Å²) in [5, 5.41) is 3.30. The molecule has 1 aromatic rings. The normalized spacial score (nSPS) is 15.8. The number of nitrogens with one attached hydrogen (secondary N) is 1. The molecule has 2 heterocycles. The minimum Gasteiger partial charge on any atom is -0.487 e. The molecule has 0 radical (unpaired) electrons. The summed E-state index contributed by atoms with van der Waals surface area (Å²) in [5.74, 6) is 1.85. The first-order valence-electron chi connectivity index (χ1n) is 6.31. The average Bonchev–Trinajstić information content (AvgIpc) is 2.23. The van der Waals surface area contributed by atoms with Gasteiger partial charge in [-0.3, -0.25) is 0 Å². The van der Waals surface area contributed by atoms with Gasteiger partial charge in [0.15, 0.2) is 11.6 Å². The first-order valence-corrected chi connectivity index (χ1v) is 6.31. The lowest BCUT2D eigenvalue weighted by atomic mass is 10.1. The Morgan fingerprint density at radius 2 is 2.29 bits per heavy atom.